The minimum atomic E-state index is -1.13. The molecule has 0 fully saturated rings. The summed E-state index contributed by atoms with van der Waals surface area (Å²) in [7, 11) is 1.67. The molecule has 0 aromatic heterocycles. The van der Waals surface area contributed by atoms with E-state index in [9.17, 15) is 19.2 Å². The highest BCUT2D eigenvalue weighted by atomic mass is 16.6. The highest BCUT2D eigenvalue weighted by Crippen LogP contribution is 2.10. The zero-order chi connectivity index (χ0) is 22.6. The van der Waals surface area contributed by atoms with E-state index in [-0.39, 0.29) is 24.3 Å². The number of unbranched alkanes of at least 4 members (excludes halogenated alkanes) is 2. The number of aliphatic carboxylic acids is 1. The quantitative estimate of drug-likeness (QED) is 0.419. The van der Waals surface area contributed by atoms with Crippen LogP contribution in [0.3, 0.4) is 0 Å². The van der Waals surface area contributed by atoms with Crippen LogP contribution < -0.4 is 10.6 Å². The topological polar surface area (TPSA) is 125 Å². The van der Waals surface area contributed by atoms with Crippen LogP contribution in [0.15, 0.2) is 0 Å². The maximum absolute atomic E-state index is 12.1. The molecule has 0 bridgehead atoms. The van der Waals surface area contributed by atoms with Crippen molar-refractivity contribution in [2.24, 2.45) is 5.92 Å². The van der Waals surface area contributed by atoms with Crippen LogP contribution >= 0.6 is 0 Å². The van der Waals surface area contributed by atoms with Crippen LogP contribution in [0.1, 0.15) is 66.7 Å². The van der Waals surface area contributed by atoms with Gasteiger partial charge in [0.05, 0.1) is 0 Å². The minimum absolute atomic E-state index is 0.166. The van der Waals surface area contributed by atoms with Crippen molar-refractivity contribution in [2.75, 3.05) is 20.1 Å². The third kappa shape index (κ3) is 14.3. The number of carboxylic acid groups (broad SMARTS) is 1. The van der Waals surface area contributed by atoms with Crippen LogP contribution in [0.4, 0.5) is 4.79 Å². The molecule has 0 aromatic carbocycles. The van der Waals surface area contributed by atoms with Crippen molar-refractivity contribution < 1.29 is 29.0 Å². The minimum Gasteiger partial charge on any atom is -0.480 e. The number of carbonyl (C=O) groups excluding carboxylic acids is 3. The van der Waals surface area contributed by atoms with E-state index in [4.69, 9.17) is 9.84 Å². The molecule has 168 valence electrons. The molecule has 1 unspecified atom stereocenters. The van der Waals surface area contributed by atoms with Gasteiger partial charge in [0.1, 0.15) is 18.2 Å². The van der Waals surface area contributed by atoms with Crippen LogP contribution in [0.25, 0.3) is 0 Å². The second kappa shape index (κ2) is 13.0. The van der Waals surface area contributed by atoms with Gasteiger partial charge < -0.3 is 25.4 Å². The summed E-state index contributed by atoms with van der Waals surface area (Å²) in [5.74, 6) is -1.71. The number of carbonyl (C=O) groups is 4. The Morgan fingerprint density at radius 2 is 1.69 bits per heavy atom. The number of rotatable bonds is 12. The molecule has 0 aliphatic carbocycles. The average Bonchev–Trinajstić information content (AvgIpc) is 2.56. The van der Waals surface area contributed by atoms with Crippen molar-refractivity contribution in [2.45, 2.75) is 78.4 Å². The van der Waals surface area contributed by atoms with E-state index in [1.807, 2.05) is 34.6 Å². The Balaban J connectivity index is 4.25. The Morgan fingerprint density at radius 3 is 2.21 bits per heavy atom. The molecule has 0 aliphatic rings. The van der Waals surface area contributed by atoms with E-state index in [2.05, 4.69) is 10.6 Å². The summed E-state index contributed by atoms with van der Waals surface area (Å²) < 4.78 is 5.28. The van der Waals surface area contributed by atoms with Crippen LogP contribution in [-0.4, -0.2) is 65.7 Å². The lowest BCUT2D eigenvalue weighted by Crippen LogP contribution is -2.48. The summed E-state index contributed by atoms with van der Waals surface area (Å²) in [5, 5.41) is 13.7. The molecule has 1 atom stereocenters. The zero-order valence-electron chi connectivity index (χ0n) is 18.5. The second-order valence-electron chi connectivity index (χ2n) is 8.57. The summed E-state index contributed by atoms with van der Waals surface area (Å²) >= 11 is 0. The van der Waals surface area contributed by atoms with Gasteiger partial charge in [-0.15, -0.1) is 0 Å². The van der Waals surface area contributed by atoms with Crippen molar-refractivity contribution in [1.82, 2.24) is 15.5 Å². The number of amides is 3. The molecule has 29 heavy (non-hydrogen) atoms. The molecule has 0 heterocycles. The molecular formula is C20H37N3O6. The van der Waals surface area contributed by atoms with Crippen LogP contribution in [0, 0.1) is 5.92 Å². The zero-order valence-corrected chi connectivity index (χ0v) is 18.5. The predicted molar refractivity (Wildman–Crippen MR) is 109 cm³/mol. The van der Waals surface area contributed by atoms with Crippen LogP contribution in [-0.2, 0) is 19.1 Å². The van der Waals surface area contributed by atoms with Gasteiger partial charge in [-0.1, -0.05) is 20.3 Å². The lowest BCUT2D eigenvalue weighted by Gasteiger charge is -2.24. The largest absolute Gasteiger partial charge is 0.480 e. The van der Waals surface area contributed by atoms with Gasteiger partial charge in [-0.2, -0.15) is 0 Å². The Hall–Kier alpha value is -2.32. The van der Waals surface area contributed by atoms with Crippen LogP contribution in [0.5, 0.6) is 0 Å². The molecule has 0 saturated heterocycles. The van der Waals surface area contributed by atoms with Crippen molar-refractivity contribution >= 4 is 23.9 Å². The third-order valence-corrected chi connectivity index (χ3v) is 3.88. The summed E-state index contributed by atoms with van der Waals surface area (Å²) in [6, 6.07) is -0.750. The smallest absolute Gasteiger partial charge is 0.410 e. The van der Waals surface area contributed by atoms with Gasteiger partial charge in [0.15, 0.2) is 0 Å². The number of nitrogens with one attached hydrogen (secondary N) is 2. The SMILES string of the molecule is CC(C)CC(NC(=O)CCCCCN(C)C(=O)OC(C)(C)C)C(=O)NCC(=O)O. The van der Waals surface area contributed by atoms with Gasteiger partial charge in [0, 0.05) is 20.0 Å². The Morgan fingerprint density at radius 1 is 1.07 bits per heavy atom. The van der Waals surface area contributed by atoms with Gasteiger partial charge >= 0.3 is 12.1 Å². The molecule has 3 amide bonds. The monoisotopic (exact) mass is 415 g/mol. The lowest BCUT2D eigenvalue weighted by molar-refractivity contribution is -0.138. The third-order valence-electron chi connectivity index (χ3n) is 3.88. The predicted octanol–water partition coefficient (Wildman–Crippen LogP) is 2.15. The molecule has 0 rings (SSSR count). The van der Waals surface area contributed by atoms with Gasteiger partial charge in [-0.25, -0.2) is 4.79 Å². The normalized spacial score (nSPS) is 12.2. The summed E-state index contributed by atoms with van der Waals surface area (Å²) in [6.45, 7) is 9.33. The molecule has 9 heteroatoms. The summed E-state index contributed by atoms with van der Waals surface area (Å²) in [5.41, 5.74) is -0.535. The number of nitrogens with zero attached hydrogens (tertiary/aromatic N) is 1. The highest BCUT2D eigenvalue weighted by molar-refractivity contribution is 5.89. The van der Waals surface area contributed by atoms with Crippen molar-refractivity contribution in [1.29, 1.82) is 0 Å². The van der Waals surface area contributed by atoms with E-state index in [0.29, 0.717) is 19.4 Å². The fraction of sp³-hybridized carbons (Fsp3) is 0.800. The fourth-order valence-corrected chi connectivity index (χ4v) is 2.50. The number of hydrogen-bond donors (Lipinski definition) is 3. The van der Waals surface area contributed by atoms with Crippen molar-refractivity contribution in [3.05, 3.63) is 0 Å². The van der Waals surface area contributed by atoms with Crippen molar-refractivity contribution in [3.63, 3.8) is 0 Å². The number of carboxylic acids is 1. The first kappa shape index (κ1) is 26.7. The van der Waals surface area contributed by atoms with E-state index in [0.717, 1.165) is 12.8 Å². The highest BCUT2D eigenvalue weighted by Gasteiger charge is 2.22. The molecule has 0 aromatic rings. The van der Waals surface area contributed by atoms with E-state index in [1.54, 1.807) is 7.05 Å². The first-order valence-electron chi connectivity index (χ1n) is 10.0. The van der Waals surface area contributed by atoms with Crippen LogP contribution in [0.2, 0.25) is 0 Å². The lowest BCUT2D eigenvalue weighted by atomic mass is 10.0. The molecule has 0 radical (unpaired) electrons. The maximum Gasteiger partial charge on any atom is 0.410 e. The van der Waals surface area contributed by atoms with Gasteiger partial charge in [0.2, 0.25) is 11.8 Å². The first-order valence-corrected chi connectivity index (χ1v) is 10.0. The Bertz CT molecular complexity index is 557. The fourth-order valence-electron chi connectivity index (χ4n) is 2.50. The molecule has 0 aliphatic heterocycles. The summed E-state index contributed by atoms with van der Waals surface area (Å²) in [4.78, 5) is 48.2. The number of hydrogen-bond acceptors (Lipinski definition) is 5. The number of ether oxygens (including phenoxy) is 1. The summed E-state index contributed by atoms with van der Waals surface area (Å²) in [6.07, 6.45) is 2.42. The Labute approximate surface area is 173 Å². The standard InChI is InChI=1S/C20H37N3O6/c1-14(2)12-15(18(27)21-13-17(25)26)22-16(24)10-8-7-9-11-23(6)19(28)29-20(3,4)5/h14-15H,7-13H2,1-6H3,(H,21,27)(H,22,24)(H,25,26). The molecular weight excluding hydrogens is 378 g/mol. The maximum atomic E-state index is 12.1. The van der Waals surface area contributed by atoms with E-state index < -0.39 is 30.1 Å². The second-order valence-corrected chi connectivity index (χ2v) is 8.57. The molecule has 3 N–H and O–H groups in total. The van der Waals surface area contributed by atoms with Gasteiger partial charge in [-0.05, 0) is 46.0 Å². The van der Waals surface area contributed by atoms with Crippen molar-refractivity contribution in [3.8, 4) is 0 Å². The van der Waals surface area contributed by atoms with Gasteiger partial charge in [-0.3, -0.25) is 14.4 Å². The van der Waals surface area contributed by atoms with E-state index >= 15 is 0 Å². The van der Waals surface area contributed by atoms with E-state index in [1.165, 1.54) is 4.90 Å². The molecule has 0 spiro atoms. The molecule has 9 nitrogen and oxygen atoms in total. The molecule has 0 saturated carbocycles. The first-order chi connectivity index (χ1) is 13.3. The average molecular weight is 416 g/mol. The Kier molecular flexibility index (Phi) is 12.0. The van der Waals surface area contributed by atoms with Gasteiger partial charge in [0.25, 0.3) is 0 Å².